The molecule has 3 fully saturated rings. The maximum Gasteiger partial charge on any atom is 0.407 e. The highest BCUT2D eigenvalue weighted by Gasteiger charge is 2.51. The molecule has 2 saturated heterocycles. The monoisotopic (exact) mass is 691 g/mol. The van der Waals surface area contributed by atoms with Crippen LogP contribution in [0.25, 0.3) is 32.9 Å². The van der Waals surface area contributed by atoms with Crippen LogP contribution in [0.3, 0.4) is 0 Å². The van der Waals surface area contributed by atoms with E-state index in [9.17, 15) is 14.4 Å². The molecule has 7 rings (SSSR count). The molecule has 3 aromatic carbocycles. The van der Waals surface area contributed by atoms with Crippen molar-refractivity contribution in [3.05, 3.63) is 66.0 Å². The van der Waals surface area contributed by atoms with Crippen LogP contribution in [-0.2, 0) is 20.7 Å². The van der Waals surface area contributed by atoms with E-state index < -0.39 is 12.1 Å². The minimum Gasteiger partial charge on any atom is -0.453 e. The first-order valence-corrected chi connectivity index (χ1v) is 19.1. The van der Waals surface area contributed by atoms with Gasteiger partial charge in [0.1, 0.15) is 11.9 Å². The number of methoxy groups -OCH3 is 1. The fraction of sp³-hybridized carbons (Fsp3) is 0.524. The molecule has 0 unspecified atom stereocenters. The van der Waals surface area contributed by atoms with Crippen LogP contribution in [0.15, 0.2) is 54.6 Å². The molecular formula is C42H53N5O4. The van der Waals surface area contributed by atoms with E-state index >= 15 is 0 Å². The van der Waals surface area contributed by atoms with E-state index in [1.165, 1.54) is 23.4 Å². The summed E-state index contributed by atoms with van der Waals surface area (Å²) >= 11 is 0. The highest BCUT2D eigenvalue weighted by molar-refractivity contribution is 5.90. The van der Waals surface area contributed by atoms with Gasteiger partial charge in [-0.05, 0) is 102 Å². The number of ether oxygens (including phenoxy) is 1. The molecule has 7 atom stereocenters. The van der Waals surface area contributed by atoms with E-state index in [1.54, 1.807) is 0 Å². The number of H-pyrrole nitrogens is 1. The third-order valence-electron chi connectivity index (χ3n) is 12.3. The largest absolute Gasteiger partial charge is 0.453 e. The van der Waals surface area contributed by atoms with Crippen molar-refractivity contribution in [2.75, 3.05) is 13.7 Å². The quantitative estimate of drug-likeness (QED) is 0.175. The van der Waals surface area contributed by atoms with E-state index in [0.717, 1.165) is 79.5 Å². The van der Waals surface area contributed by atoms with Gasteiger partial charge in [0, 0.05) is 24.5 Å². The summed E-state index contributed by atoms with van der Waals surface area (Å²) in [5.41, 5.74) is 5.30. The molecule has 3 aliphatic rings. The SMILES string of the molecule is CC[C@H](C)[C@H](C)C(=O)N1CCC[C@H]1Cc1ccc2cc(-c3ccc4[nH]c([C@@H]5[C@H]6CC[C@H](C6)N5C(=O)[C@@H](NC(=O)OC)C(C)C)nc4c3)ccc2c1. The van der Waals surface area contributed by atoms with Crippen LogP contribution >= 0.6 is 0 Å². The normalized spacial score (nSPS) is 23.3. The summed E-state index contributed by atoms with van der Waals surface area (Å²) in [7, 11) is 1.32. The molecule has 1 saturated carbocycles. The second kappa shape index (κ2) is 14.3. The molecule has 0 spiro atoms. The van der Waals surface area contributed by atoms with Gasteiger partial charge < -0.3 is 24.8 Å². The lowest BCUT2D eigenvalue weighted by molar-refractivity contribution is -0.139. The van der Waals surface area contributed by atoms with Crippen molar-refractivity contribution in [3.63, 3.8) is 0 Å². The van der Waals surface area contributed by atoms with E-state index in [1.807, 2.05) is 18.7 Å². The Bertz CT molecular complexity index is 1930. The molecule has 4 aromatic rings. The van der Waals surface area contributed by atoms with Crippen LogP contribution < -0.4 is 5.32 Å². The highest BCUT2D eigenvalue weighted by atomic mass is 16.5. The van der Waals surface area contributed by atoms with Crippen molar-refractivity contribution >= 4 is 39.7 Å². The summed E-state index contributed by atoms with van der Waals surface area (Å²) in [6.45, 7) is 11.2. The van der Waals surface area contributed by atoms with Gasteiger partial charge in [0.05, 0.1) is 24.2 Å². The maximum absolute atomic E-state index is 14.0. The number of hydrogen-bond donors (Lipinski definition) is 2. The van der Waals surface area contributed by atoms with E-state index in [4.69, 9.17) is 9.72 Å². The predicted octanol–water partition coefficient (Wildman–Crippen LogP) is 8.03. The third kappa shape index (κ3) is 6.72. The molecular weight excluding hydrogens is 638 g/mol. The smallest absolute Gasteiger partial charge is 0.407 e. The fourth-order valence-electron chi connectivity index (χ4n) is 8.93. The predicted molar refractivity (Wildman–Crippen MR) is 201 cm³/mol. The minimum atomic E-state index is -0.663. The van der Waals surface area contributed by atoms with Crippen molar-refractivity contribution in [1.29, 1.82) is 0 Å². The summed E-state index contributed by atoms with van der Waals surface area (Å²) in [5.74, 6) is 1.76. The first-order chi connectivity index (χ1) is 24.6. The van der Waals surface area contributed by atoms with Gasteiger partial charge in [0.15, 0.2) is 0 Å². The lowest BCUT2D eigenvalue weighted by Gasteiger charge is -2.37. The number of amides is 3. The summed E-state index contributed by atoms with van der Waals surface area (Å²) in [6.07, 6.45) is 6.45. The molecule has 3 amide bonds. The van der Waals surface area contributed by atoms with E-state index in [-0.39, 0.29) is 35.9 Å². The number of alkyl carbamates (subject to hydrolysis) is 1. The molecule has 9 heteroatoms. The average Bonchev–Trinajstić information content (AvgIpc) is 3.96. The van der Waals surface area contributed by atoms with Crippen molar-refractivity contribution in [2.45, 2.75) is 104 Å². The Morgan fingerprint density at radius 1 is 0.941 bits per heavy atom. The number of imidazole rings is 1. The first kappa shape index (κ1) is 35.0. The Balaban J connectivity index is 1.09. The first-order valence-electron chi connectivity index (χ1n) is 19.1. The topological polar surface area (TPSA) is 108 Å². The number of nitrogens with zero attached hydrogens (tertiary/aromatic N) is 3. The Hall–Kier alpha value is -4.40. The Kier molecular flexibility index (Phi) is 9.83. The number of aromatic amines is 1. The van der Waals surface area contributed by atoms with Gasteiger partial charge in [-0.2, -0.15) is 0 Å². The van der Waals surface area contributed by atoms with Gasteiger partial charge in [0.25, 0.3) is 0 Å². The molecule has 1 aliphatic carbocycles. The Morgan fingerprint density at radius 3 is 2.45 bits per heavy atom. The van der Waals surface area contributed by atoms with Crippen LogP contribution in [0, 0.1) is 23.7 Å². The van der Waals surface area contributed by atoms with Gasteiger partial charge in [-0.25, -0.2) is 9.78 Å². The zero-order valence-electron chi connectivity index (χ0n) is 30.9. The van der Waals surface area contributed by atoms with Crippen molar-refractivity contribution in [1.82, 2.24) is 25.1 Å². The molecule has 2 N–H and O–H groups in total. The summed E-state index contributed by atoms with van der Waals surface area (Å²) in [5, 5.41) is 5.16. The van der Waals surface area contributed by atoms with Crippen LogP contribution in [0.5, 0.6) is 0 Å². The Morgan fingerprint density at radius 2 is 1.69 bits per heavy atom. The van der Waals surface area contributed by atoms with E-state index in [2.05, 4.69) is 90.6 Å². The number of hydrogen-bond acceptors (Lipinski definition) is 5. The average molecular weight is 692 g/mol. The number of carbonyl (C=O) groups is 3. The molecule has 2 aliphatic heterocycles. The summed E-state index contributed by atoms with van der Waals surface area (Å²) < 4.78 is 4.83. The van der Waals surface area contributed by atoms with Gasteiger partial charge in [0.2, 0.25) is 11.8 Å². The molecule has 2 bridgehead atoms. The third-order valence-corrected chi connectivity index (χ3v) is 12.3. The van der Waals surface area contributed by atoms with Gasteiger partial charge in [-0.1, -0.05) is 77.4 Å². The second-order valence-electron chi connectivity index (χ2n) is 15.7. The second-order valence-corrected chi connectivity index (χ2v) is 15.7. The maximum atomic E-state index is 14.0. The van der Waals surface area contributed by atoms with Crippen LogP contribution in [0.2, 0.25) is 0 Å². The standard InChI is InChI=1S/C42H53N5O4/c1-7-25(4)26(5)40(48)46-18-8-9-33(46)20-27-10-11-29-21-30(13-12-28(29)19-27)31-15-17-35-36(23-31)44-39(43-35)38-32-14-16-34(22-32)47(38)41(49)37(24(2)3)45-42(50)51-6/h10-13,15,17,19,21,23-26,32-34,37-38H,7-9,14,16,18,20,22H2,1-6H3,(H,43,44)(H,45,50)/t25-,26-,32-,33-,34+,37-,38-/m0/s1. The number of piperidine rings is 1. The molecule has 9 nitrogen and oxygen atoms in total. The van der Waals surface area contributed by atoms with Crippen LogP contribution in [-0.4, -0.2) is 69.5 Å². The number of aromatic nitrogens is 2. The Labute approximate surface area is 301 Å². The molecule has 270 valence electrons. The van der Waals surface area contributed by atoms with Gasteiger partial charge in [-0.3, -0.25) is 9.59 Å². The minimum absolute atomic E-state index is 0.0638. The van der Waals surface area contributed by atoms with E-state index in [0.29, 0.717) is 17.7 Å². The molecule has 0 radical (unpaired) electrons. The highest BCUT2D eigenvalue weighted by Crippen LogP contribution is 2.50. The number of fused-ring (bicyclic) bond motifs is 4. The molecule has 51 heavy (non-hydrogen) atoms. The number of carbonyl (C=O) groups excluding carboxylic acids is 3. The zero-order valence-corrected chi connectivity index (χ0v) is 30.9. The fourth-order valence-corrected chi connectivity index (χ4v) is 8.93. The van der Waals surface area contributed by atoms with Crippen molar-refractivity contribution in [3.8, 4) is 11.1 Å². The van der Waals surface area contributed by atoms with Crippen LogP contribution in [0.4, 0.5) is 4.79 Å². The lowest BCUT2D eigenvalue weighted by Crippen LogP contribution is -2.54. The summed E-state index contributed by atoms with van der Waals surface area (Å²) in [6, 6.07) is 19.3. The molecule has 3 heterocycles. The van der Waals surface area contributed by atoms with Crippen molar-refractivity contribution in [2.24, 2.45) is 23.7 Å². The number of likely N-dealkylation sites (tertiary alicyclic amines) is 2. The summed E-state index contributed by atoms with van der Waals surface area (Å²) in [4.78, 5) is 52.2. The number of nitrogens with one attached hydrogen (secondary N) is 2. The van der Waals surface area contributed by atoms with Crippen LogP contribution in [0.1, 0.15) is 90.6 Å². The number of benzene rings is 3. The van der Waals surface area contributed by atoms with Crippen molar-refractivity contribution < 1.29 is 19.1 Å². The lowest BCUT2D eigenvalue weighted by atomic mass is 9.91. The van der Waals surface area contributed by atoms with Gasteiger partial charge in [-0.15, -0.1) is 0 Å². The van der Waals surface area contributed by atoms with Gasteiger partial charge >= 0.3 is 6.09 Å². The number of rotatable bonds is 10. The molecule has 1 aromatic heterocycles. The zero-order chi connectivity index (χ0) is 36.0.